The first kappa shape index (κ1) is 21.9. The quantitative estimate of drug-likeness (QED) is 0.725. The molecule has 0 aromatic heterocycles. The van der Waals surface area contributed by atoms with Gasteiger partial charge in [0, 0.05) is 37.1 Å². The number of carbonyl (C=O) groups excluding carboxylic acids is 1. The van der Waals surface area contributed by atoms with Crippen molar-refractivity contribution in [2.45, 2.75) is 38.8 Å². The number of halogens is 1. The number of fused-ring (bicyclic) bond motifs is 1. The van der Waals surface area contributed by atoms with Gasteiger partial charge in [0.05, 0.1) is 0 Å². The van der Waals surface area contributed by atoms with Gasteiger partial charge < -0.3 is 10.4 Å². The Morgan fingerprint density at radius 3 is 2.68 bits per heavy atom. The van der Waals surface area contributed by atoms with Gasteiger partial charge in [-0.2, -0.15) is 0 Å². The van der Waals surface area contributed by atoms with Gasteiger partial charge in [-0.1, -0.05) is 48.0 Å². The third-order valence-corrected chi connectivity index (χ3v) is 4.91. The molecule has 1 aliphatic rings. The van der Waals surface area contributed by atoms with Crippen molar-refractivity contribution in [1.29, 1.82) is 0 Å². The molecule has 0 fully saturated rings. The highest BCUT2D eigenvalue weighted by molar-refractivity contribution is 6.30. The molecule has 2 N–H and O–H groups in total. The fraction of sp³-hybridized carbons (Fsp3) is 0.364. The average Bonchev–Trinajstić information content (AvgIpc) is 2.67. The van der Waals surface area contributed by atoms with E-state index in [-0.39, 0.29) is 18.4 Å². The van der Waals surface area contributed by atoms with Crippen LogP contribution in [0.5, 0.6) is 0 Å². The summed E-state index contributed by atoms with van der Waals surface area (Å²) in [7, 11) is 0. The van der Waals surface area contributed by atoms with Gasteiger partial charge >= 0.3 is 0 Å². The Morgan fingerprint density at radius 1 is 1.25 bits per heavy atom. The minimum absolute atomic E-state index is 0.102. The van der Waals surface area contributed by atoms with Crippen LogP contribution in [0.15, 0.2) is 48.5 Å². The Kier molecular flexibility index (Phi) is 8.98. The lowest BCUT2D eigenvalue weighted by Crippen LogP contribution is -2.43. The number of aryl methyl sites for hydroxylation is 1. The Bertz CT molecular complexity index is 782. The number of nitrogens with zero attached hydrogens (tertiary/aromatic N) is 1. The normalized spacial score (nSPS) is 14.2. The van der Waals surface area contributed by atoms with Crippen LogP contribution in [0.2, 0.25) is 5.02 Å². The van der Waals surface area contributed by atoms with Gasteiger partial charge in [0.25, 0.3) is 6.47 Å². The van der Waals surface area contributed by atoms with Crippen molar-refractivity contribution in [1.82, 2.24) is 10.2 Å². The second kappa shape index (κ2) is 11.5. The molecule has 0 saturated heterocycles. The topological polar surface area (TPSA) is 69.6 Å². The summed E-state index contributed by atoms with van der Waals surface area (Å²) in [5, 5.41) is 10.7. The summed E-state index contributed by atoms with van der Waals surface area (Å²) < 4.78 is 0. The van der Waals surface area contributed by atoms with Crippen molar-refractivity contribution in [2.24, 2.45) is 0 Å². The first-order chi connectivity index (χ1) is 13.5. The molecule has 0 saturated carbocycles. The maximum Gasteiger partial charge on any atom is 0.290 e. The fourth-order valence-corrected chi connectivity index (χ4v) is 3.65. The van der Waals surface area contributed by atoms with Gasteiger partial charge in [-0.05, 0) is 48.6 Å². The van der Waals surface area contributed by atoms with Gasteiger partial charge in [0.1, 0.15) is 0 Å². The number of nitrogens with one attached hydrogen (secondary N) is 1. The molecule has 1 heterocycles. The predicted molar refractivity (Wildman–Crippen MR) is 111 cm³/mol. The summed E-state index contributed by atoms with van der Waals surface area (Å²) in [6, 6.07) is 16.5. The van der Waals surface area contributed by atoms with Crippen molar-refractivity contribution in [3.63, 3.8) is 0 Å². The van der Waals surface area contributed by atoms with Gasteiger partial charge in [0.2, 0.25) is 5.91 Å². The van der Waals surface area contributed by atoms with Gasteiger partial charge in [-0.3, -0.25) is 14.5 Å². The lowest BCUT2D eigenvalue weighted by molar-refractivity contribution is -0.123. The first-order valence-corrected chi connectivity index (χ1v) is 9.80. The lowest BCUT2D eigenvalue weighted by Gasteiger charge is -2.31. The fourth-order valence-electron chi connectivity index (χ4n) is 3.44. The molecule has 1 atom stereocenters. The van der Waals surface area contributed by atoms with Crippen LogP contribution in [0.1, 0.15) is 30.0 Å². The highest BCUT2D eigenvalue weighted by Crippen LogP contribution is 2.18. The Hall–Kier alpha value is -2.37. The third-order valence-electron chi connectivity index (χ3n) is 4.68. The van der Waals surface area contributed by atoms with Gasteiger partial charge in [-0.25, -0.2) is 0 Å². The van der Waals surface area contributed by atoms with Crippen molar-refractivity contribution in [2.75, 3.05) is 13.1 Å². The van der Waals surface area contributed by atoms with Gasteiger partial charge in [0.15, 0.2) is 0 Å². The molecular weight excluding hydrogens is 376 g/mol. The Labute approximate surface area is 171 Å². The smallest absolute Gasteiger partial charge is 0.290 e. The maximum atomic E-state index is 12.2. The van der Waals surface area contributed by atoms with Crippen LogP contribution in [-0.4, -0.2) is 41.5 Å². The summed E-state index contributed by atoms with van der Waals surface area (Å²) in [4.78, 5) is 23.0. The van der Waals surface area contributed by atoms with E-state index >= 15 is 0 Å². The van der Waals surface area contributed by atoms with Crippen LogP contribution >= 0.6 is 11.6 Å². The second-order valence-electron chi connectivity index (χ2n) is 6.96. The molecule has 2 aromatic carbocycles. The molecular formula is C22H27ClN2O3. The standard InChI is InChI=1S/C21H25ClN2O.CH2O2/c1-16(14-24-12-11-18-6-2-3-7-19(18)15-24)23-21(25)10-9-17-5-4-8-20(22)13-17;2-1-3/h2-8,13,16H,9-12,14-15H2,1H3,(H,23,25);1H,(H,2,3). The zero-order chi connectivity index (χ0) is 20.4. The van der Waals surface area contributed by atoms with Crippen LogP contribution in [0.4, 0.5) is 0 Å². The highest BCUT2D eigenvalue weighted by Gasteiger charge is 2.18. The van der Waals surface area contributed by atoms with E-state index in [1.165, 1.54) is 11.1 Å². The Morgan fingerprint density at radius 2 is 1.96 bits per heavy atom. The number of benzene rings is 2. The van der Waals surface area contributed by atoms with E-state index in [0.717, 1.165) is 43.1 Å². The van der Waals surface area contributed by atoms with Crippen LogP contribution in [-0.2, 0) is 29.0 Å². The lowest BCUT2D eigenvalue weighted by atomic mass is 9.99. The number of amides is 1. The predicted octanol–water partition coefficient (Wildman–Crippen LogP) is 3.54. The molecule has 5 nitrogen and oxygen atoms in total. The second-order valence-corrected chi connectivity index (χ2v) is 7.39. The van der Waals surface area contributed by atoms with E-state index in [2.05, 4.69) is 41.4 Å². The van der Waals surface area contributed by atoms with Crippen LogP contribution in [0.3, 0.4) is 0 Å². The SMILES string of the molecule is CC(CN1CCc2ccccc2C1)NC(=O)CCc1cccc(Cl)c1.O=CO. The summed E-state index contributed by atoms with van der Waals surface area (Å²) in [5.41, 5.74) is 3.97. The van der Waals surface area contributed by atoms with Crippen LogP contribution in [0, 0.1) is 0 Å². The highest BCUT2D eigenvalue weighted by atomic mass is 35.5. The molecule has 0 aliphatic carbocycles. The molecule has 1 aliphatic heterocycles. The minimum Gasteiger partial charge on any atom is -0.483 e. The van der Waals surface area contributed by atoms with E-state index in [0.29, 0.717) is 6.42 Å². The maximum absolute atomic E-state index is 12.2. The van der Waals surface area contributed by atoms with Crippen LogP contribution in [0.25, 0.3) is 0 Å². The first-order valence-electron chi connectivity index (χ1n) is 9.42. The summed E-state index contributed by atoms with van der Waals surface area (Å²) >= 11 is 5.98. The zero-order valence-corrected chi connectivity index (χ0v) is 16.9. The molecule has 3 rings (SSSR count). The number of hydrogen-bond acceptors (Lipinski definition) is 3. The molecule has 0 radical (unpaired) electrons. The number of carbonyl (C=O) groups is 2. The number of carboxylic acid groups (broad SMARTS) is 1. The molecule has 1 unspecified atom stereocenters. The molecule has 150 valence electrons. The van der Waals surface area contributed by atoms with E-state index in [4.69, 9.17) is 21.5 Å². The molecule has 1 amide bonds. The summed E-state index contributed by atoms with van der Waals surface area (Å²) in [6.07, 6.45) is 2.30. The Balaban J connectivity index is 0.000000878. The van der Waals surface area contributed by atoms with Crippen LogP contribution < -0.4 is 5.32 Å². The monoisotopic (exact) mass is 402 g/mol. The van der Waals surface area contributed by atoms with Crippen molar-refractivity contribution >= 4 is 24.0 Å². The molecule has 6 heteroatoms. The van der Waals surface area contributed by atoms with E-state index < -0.39 is 0 Å². The van der Waals surface area contributed by atoms with E-state index in [9.17, 15) is 4.79 Å². The largest absolute Gasteiger partial charge is 0.483 e. The molecule has 0 spiro atoms. The van der Waals surface area contributed by atoms with E-state index in [1.54, 1.807) is 0 Å². The average molecular weight is 403 g/mol. The molecule has 28 heavy (non-hydrogen) atoms. The van der Waals surface area contributed by atoms with Crippen molar-refractivity contribution in [3.05, 3.63) is 70.2 Å². The van der Waals surface area contributed by atoms with E-state index in [1.807, 2.05) is 24.3 Å². The summed E-state index contributed by atoms with van der Waals surface area (Å²) in [6.45, 7) is 4.74. The van der Waals surface area contributed by atoms with Crippen molar-refractivity contribution in [3.8, 4) is 0 Å². The zero-order valence-electron chi connectivity index (χ0n) is 16.1. The molecule has 0 bridgehead atoms. The number of hydrogen-bond donors (Lipinski definition) is 2. The van der Waals surface area contributed by atoms with Gasteiger partial charge in [-0.15, -0.1) is 0 Å². The summed E-state index contributed by atoms with van der Waals surface area (Å²) in [5.74, 6) is 0.102. The van der Waals surface area contributed by atoms with Crippen molar-refractivity contribution < 1.29 is 14.7 Å². The minimum atomic E-state index is -0.250. The molecule has 2 aromatic rings. The number of rotatable bonds is 6. The third kappa shape index (κ3) is 7.33.